The zero-order valence-electron chi connectivity index (χ0n) is 17.3. The number of nitrogens with zero attached hydrogens (tertiary/aromatic N) is 2. The molecule has 6 heteroatoms. The van der Waals surface area contributed by atoms with Gasteiger partial charge in [0.05, 0.1) is 59.0 Å². The Hall–Kier alpha value is -2.73. The zero-order valence-corrected chi connectivity index (χ0v) is 17.3. The van der Waals surface area contributed by atoms with Crippen molar-refractivity contribution in [2.45, 2.75) is 31.0 Å². The predicted octanol–water partition coefficient (Wildman–Crippen LogP) is 2.25. The highest BCUT2D eigenvalue weighted by molar-refractivity contribution is 6.02. The molecule has 0 bridgehead atoms. The van der Waals surface area contributed by atoms with Crippen molar-refractivity contribution in [1.29, 1.82) is 0 Å². The lowest BCUT2D eigenvalue weighted by Crippen LogP contribution is -3.11. The second kappa shape index (κ2) is 6.95. The largest absolute Gasteiger partial charge is 0.497 e. The summed E-state index contributed by atoms with van der Waals surface area (Å²) in [4.78, 5) is 1.54. The molecule has 1 saturated heterocycles. The van der Waals surface area contributed by atoms with Gasteiger partial charge in [-0.15, -0.1) is 0 Å². The molecule has 0 aliphatic carbocycles. The lowest BCUT2D eigenvalue weighted by Gasteiger charge is -2.49. The van der Waals surface area contributed by atoms with Crippen LogP contribution >= 0.6 is 0 Å². The number of ether oxygens (including phenoxy) is 3. The SMILES string of the molecule is COc1cccc(C2=NN3[C@H](C2)c2cccc(OC)c2OC32CC[NH+](C)CC2)c1. The Labute approximate surface area is 171 Å². The lowest BCUT2D eigenvalue weighted by molar-refractivity contribution is -0.888. The van der Waals surface area contributed by atoms with Gasteiger partial charge in [0.1, 0.15) is 5.75 Å². The van der Waals surface area contributed by atoms with E-state index in [4.69, 9.17) is 19.3 Å². The van der Waals surface area contributed by atoms with Crippen LogP contribution < -0.4 is 19.1 Å². The van der Waals surface area contributed by atoms with Crippen LogP contribution in [0.1, 0.15) is 36.4 Å². The number of nitrogens with one attached hydrogen (secondary N) is 1. The Kier molecular flexibility index (Phi) is 4.39. The molecule has 5 rings (SSSR count). The van der Waals surface area contributed by atoms with Crippen molar-refractivity contribution in [1.82, 2.24) is 5.01 Å². The van der Waals surface area contributed by atoms with Crippen LogP contribution in [-0.2, 0) is 0 Å². The van der Waals surface area contributed by atoms with Crippen LogP contribution in [0.5, 0.6) is 17.2 Å². The van der Waals surface area contributed by atoms with Crippen LogP contribution in [0.15, 0.2) is 47.6 Å². The smallest absolute Gasteiger partial charge is 0.209 e. The maximum absolute atomic E-state index is 6.73. The molecule has 2 aromatic carbocycles. The second-order valence-electron chi connectivity index (χ2n) is 8.23. The van der Waals surface area contributed by atoms with E-state index in [1.54, 1.807) is 14.2 Å². The van der Waals surface area contributed by atoms with Crippen LogP contribution in [0.2, 0.25) is 0 Å². The minimum atomic E-state index is -0.410. The van der Waals surface area contributed by atoms with Crippen molar-refractivity contribution in [3.05, 3.63) is 53.6 Å². The molecule has 3 aliphatic rings. The summed E-state index contributed by atoms with van der Waals surface area (Å²) in [6.07, 6.45) is 2.74. The molecule has 152 valence electrons. The topological polar surface area (TPSA) is 47.7 Å². The van der Waals surface area contributed by atoms with Gasteiger partial charge in [-0.3, -0.25) is 0 Å². The number of hydrogen-bond donors (Lipinski definition) is 1. The first kappa shape index (κ1) is 18.3. The van der Waals surface area contributed by atoms with Crippen molar-refractivity contribution in [3.8, 4) is 17.2 Å². The number of likely N-dealkylation sites (tertiary alicyclic amines) is 1. The van der Waals surface area contributed by atoms with Crippen molar-refractivity contribution in [2.24, 2.45) is 5.10 Å². The summed E-state index contributed by atoms with van der Waals surface area (Å²) in [6.45, 7) is 2.13. The second-order valence-corrected chi connectivity index (χ2v) is 8.23. The fourth-order valence-electron chi connectivity index (χ4n) is 4.81. The van der Waals surface area contributed by atoms with Crippen LogP contribution in [0, 0.1) is 0 Å². The molecule has 2 aromatic rings. The molecule has 1 fully saturated rings. The number of quaternary nitrogens is 1. The van der Waals surface area contributed by atoms with Gasteiger partial charge < -0.3 is 19.1 Å². The Balaban J connectivity index is 1.59. The highest BCUT2D eigenvalue weighted by atomic mass is 16.5. The average molecular weight is 394 g/mol. The Morgan fingerprint density at radius 1 is 1.10 bits per heavy atom. The van der Waals surface area contributed by atoms with E-state index < -0.39 is 5.72 Å². The molecule has 29 heavy (non-hydrogen) atoms. The molecule has 1 atom stereocenters. The summed E-state index contributed by atoms with van der Waals surface area (Å²) >= 11 is 0. The molecule has 0 saturated carbocycles. The molecule has 0 aromatic heterocycles. The van der Waals surface area contributed by atoms with Gasteiger partial charge >= 0.3 is 0 Å². The normalized spacial score (nSPS) is 27.7. The van der Waals surface area contributed by atoms with E-state index >= 15 is 0 Å². The number of hydrogen-bond acceptors (Lipinski definition) is 5. The molecule has 3 heterocycles. The maximum atomic E-state index is 6.73. The van der Waals surface area contributed by atoms with Gasteiger partial charge in [0.2, 0.25) is 5.72 Å². The Morgan fingerprint density at radius 2 is 1.90 bits per heavy atom. The monoisotopic (exact) mass is 394 g/mol. The van der Waals surface area contributed by atoms with Gasteiger partial charge in [0.25, 0.3) is 0 Å². The van der Waals surface area contributed by atoms with E-state index in [1.165, 1.54) is 4.90 Å². The first-order chi connectivity index (χ1) is 14.1. The quantitative estimate of drug-likeness (QED) is 0.868. The maximum Gasteiger partial charge on any atom is 0.209 e. The first-order valence-electron chi connectivity index (χ1n) is 10.3. The van der Waals surface area contributed by atoms with E-state index in [0.29, 0.717) is 0 Å². The summed E-state index contributed by atoms with van der Waals surface area (Å²) in [5.74, 6) is 2.55. The van der Waals surface area contributed by atoms with E-state index in [2.05, 4.69) is 30.3 Å². The third-order valence-corrected chi connectivity index (χ3v) is 6.50. The summed E-state index contributed by atoms with van der Waals surface area (Å²) in [5, 5.41) is 7.38. The van der Waals surface area contributed by atoms with Crippen LogP contribution in [-0.4, -0.2) is 50.8 Å². The molecule has 1 N–H and O–H groups in total. The van der Waals surface area contributed by atoms with Crippen LogP contribution in [0.4, 0.5) is 0 Å². The van der Waals surface area contributed by atoms with Crippen LogP contribution in [0.3, 0.4) is 0 Å². The fraction of sp³-hybridized carbons (Fsp3) is 0.435. The van der Waals surface area contributed by atoms with Gasteiger partial charge in [0, 0.05) is 17.5 Å². The van der Waals surface area contributed by atoms with Crippen molar-refractivity contribution in [3.63, 3.8) is 0 Å². The number of hydrazone groups is 1. The predicted molar refractivity (Wildman–Crippen MR) is 111 cm³/mol. The molecule has 0 radical (unpaired) electrons. The first-order valence-corrected chi connectivity index (χ1v) is 10.3. The molecular weight excluding hydrogens is 366 g/mol. The van der Waals surface area contributed by atoms with E-state index in [-0.39, 0.29) is 6.04 Å². The summed E-state index contributed by atoms with van der Waals surface area (Å²) in [7, 11) is 5.66. The summed E-state index contributed by atoms with van der Waals surface area (Å²) in [6, 6.07) is 14.5. The fourth-order valence-corrected chi connectivity index (χ4v) is 4.81. The third kappa shape index (κ3) is 2.94. The standard InChI is InChI=1S/C23H27N3O3/c1-25-12-10-23(11-13-25)26-20(18-8-5-9-21(28-3)22(18)29-23)15-19(24-26)16-6-4-7-17(14-16)27-2/h4-9,14,20H,10-13,15H2,1-3H3/p+1/t20-/m1/s1. The minimum Gasteiger partial charge on any atom is -0.497 e. The van der Waals surface area contributed by atoms with E-state index in [9.17, 15) is 0 Å². The number of methoxy groups -OCH3 is 2. The lowest BCUT2D eigenvalue weighted by atomic mass is 9.90. The third-order valence-electron chi connectivity index (χ3n) is 6.50. The highest BCUT2D eigenvalue weighted by Gasteiger charge is 2.53. The number of benzene rings is 2. The van der Waals surface area contributed by atoms with Gasteiger partial charge in [-0.2, -0.15) is 5.10 Å². The van der Waals surface area contributed by atoms with Gasteiger partial charge in [-0.25, -0.2) is 5.01 Å². The van der Waals surface area contributed by atoms with E-state index in [1.807, 2.05) is 24.3 Å². The van der Waals surface area contributed by atoms with Crippen molar-refractivity contribution in [2.75, 3.05) is 34.4 Å². The van der Waals surface area contributed by atoms with Crippen molar-refractivity contribution >= 4 is 5.71 Å². The molecule has 6 nitrogen and oxygen atoms in total. The van der Waals surface area contributed by atoms with Gasteiger partial charge in [0.15, 0.2) is 11.5 Å². The van der Waals surface area contributed by atoms with Gasteiger partial charge in [-0.05, 0) is 18.2 Å². The Morgan fingerprint density at radius 3 is 2.66 bits per heavy atom. The summed E-state index contributed by atoms with van der Waals surface area (Å²) < 4.78 is 17.8. The molecule has 0 unspecified atom stereocenters. The molecule has 3 aliphatic heterocycles. The zero-order chi connectivity index (χ0) is 20.0. The number of piperidine rings is 1. The van der Waals surface area contributed by atoms with Crippen molar-refractivity contribution < 1.29 is 19.1 Å². The summed E-state index contributed by atoms with van der Waals surface area (Å²) in [5.41, 5.74) is 2.94. The number of rotatable bonds is 3. The molecule has 0 amide bonds. The van der Waals surface area contributed by atoms with E-state index in [0.717, 1.165) is 66.4 Å². The number of para-hydroxylation sites is 1. The number of fused-ring (bicyclic) bond motifs is 4. The molecular formula is C23H28N3O3+. The highest BCUT2D eigenvalue weighted by Crippen LogP contribution is 2.52. The average Bonchev–Trinajstić information content (AvgIpc) is 3.22. The van der Waals surface area contributed by atoms with Gasteiger partial charge in [-0.1, -0.05) is 24.3 Å². The Bertz CT molecular complexity index is 950. The molecule has 1 spiro atoms. The minimum absolute atomic E-state index is 0.161. The van der Waals surface area contributed by atoms with Crippen LogP contribution in [0.25, 0.3) is 0 Å².